The van der Waals surface area contributed by atoms with E-state index >= 15 is 0 Å². The molecule has 0 radical (unpaired) electrons. The monoisotopic (exact) mass is 451 g/mol. The molecule has 1 atom stereocenters. The molecule has 2 aliphatic rings. The van der Waals surface area contributed by atoms with Gasteiger partial charge in [0.1, 0.15) is 12.4 Å². The van der Waals surface area contributed by atoms with Crippen molar-refractivity contribution >= 4 is 17.5 Å². The lowest BCUT2D eigenvalue weighted by Gasteiger charge is -2.26. The molecule has 0 aliphatic carbocycles. The molecule has 176 valence electrons. The minimum absolute atomic E-state index is 0.00811. The number of nitrogens with zero attached hydrogens (tertiary/aromatic N) is 2. The second-order valence-electron chi connectivity index (χ2n) is 8.55. The molecule has 0 aromatic heterocycles. The number of carbonyl (C=O) groups excluding carboxylic acids is 2. The number of amides is 2. The van der Waals surface area contributed by atoms with Gasteiger partial charge in [-0.25, -0.2) is 0 Å². The van der Waals surface area contributed by atoms with Crippen LogP contribution in [0.2, 0.25) is 0 Å². The maximum absolute atomic E-state index is 12.8. The summed E-state index contributed by atoms with van der Waals surface area (Å²) in [5.41, 5.74) is 3.01. The fourth-order valence-corrected chi connectivity index (χ4v) is 4.27. The quantitative estimate of drug-likeness (QED) is 0.635. The standard InChI is InChI=1S/C26H33N3O4/c1-2-20-7-9-23(10-8-20)29-19-22(17-25(29)30)26(31)27-18-21-5-3-4-6-24(21)33-16-13-28-11-14-32-15-12-28/h3-10,22H,2,11-19H2,1H3,(H,27,31)/t22-/m0/s1. The highest BCUT2D eigenvalue weighted by atomic mass is 16.5. The average molecular weight is 452 g/mol. The number of aryl methyl sites for hydroxylation is 1. The van der Waals surface area contributed by atoms with Crippen molar-refractivity contribution in [3.8, 4) is 5.75 Å². The van der Waals surface area contributed by atoms with Gasteiger partial charge in [0.25, 0.3) is 0 Å². The molecule has 1 N–H and O–H groups in total. The topological polar surface area (TPSA) is 71.1 Å². The van der Waals surface area contributed by atoms with E-state index in [2.05, 4.69) is 17.1 Å². The number of para-hydroxylation sites is 1. The van der Waals surface area contributed by atoms with Crippen molar-refractivity contribution in [2.24, 2.45) is 5.92 Å². The Balaban J connectivity index is 1.28. The number of rotatable bonds is 9. The first kappa shape index (κ1) is 23.3. The molecule has 2 aromatic rings. The first-order valence-corrected chi connectivity index (χ1v) is 11.8. The summed E-state index contributed by atoms with van der Waals surface area (Å²) >= 11 is 0. The van der Waals surface area contributed by atoms with E-state index < -0.39 is 0 Å². The van der Waals surface area contributed by atoms with Gasteiger partial charge < -0.3 is 19.7 Å². The van der Waals surface area contributed by atoms with Crippen LogP contribution in [0, 0.1) is 5.92 Å². The van der Waals surface area contributed by atoms with Crippen LogP contribution in [0.1, 0.15) is 24.5 Å². The Morgan fingerprint density at radius 3 is 2.64 bits per heavy atom. The van der Waals surface area contributed by atoms with Crippen molar-refractivity contribution in [1.82, 2.24) is 10.2 Å². The summed E-state index contributed by atoms with van der Waals surface area (Å²) in [6.45, 7) is 7.74. The summed E-state index contributed by atoms with van der Waals surface area (Å²) in [5.74, 6) is 0.328. The second-order valence-corrected chi connectivity index (χ2v) is 8.55. The SMILES string of the molecule is CCc1ccc(N2C[C@@H](C(=O)NCc3ccccc3OCCN3CCOCC3)CC2=O)cc1. The zero-order valence-corrected chi connectivity index (χ0v) is 19.3. The zero-order chi connectivity index (χ0) is 23.0. The van der Waals surface area contributed by atoms with Gasteiger partial charge in [-0.15, -0.1) is 0 Å². The molecule has 2 aromatic carbocycles. The van der Waals surface area contributed by atoms with Gasteiger partial charge in [0.15, 0.2) is 0 Å². The minimum atomic E-state index is -0.349. The number of carbonyl (C=O) groups is 2. The number of morpholine rings is 1. The van der Waals surface area contributed by atoms with Crippen LogP contribution in [-0.2, 0) is 27.3 Å². The van der Waals surface area contributed by atoms with Crippen molar-refractivity contribution in [2.75, 3.05) is 50.9 Å². The third-order valence-electron chi connectivity index (χ3n) is 6.35. The second kappa shape index (κ2) is 11.3. The summed E-state index contributed by atoms with van der Waals surface area (Å²) < 4.78 is 11.4. The molecule has 0 unspecified atom stereocenters. The highest BCUT2D eigenvalue weighted by molar-refractivity contribution is 6.00. The molecular formula is C26H33N3O4. The Hall–Kier alpha value is -2.90. The summed E-state index contributed by atoms with van der Waals surface area (Å²) in [7, 11) is 0. The summed E-state index contributed by atoms with van der Waals surface area (Å²) in [5, 5.41) is 3.01. The van der Waals surface area contributed by atoms with E-state index in [1.165, 1.54) is 5.56 Å². The maximum Gasteiger partial charge on any atom is 0.227 e. The van der Waals surface area contributed by atoms with E-state index in [4.69, 9.17) is 9.47 Å². The Morgan fingerprint density at radius 1 is 1.12 bits per heavy atom. The number of hydrogen-bond donors (Lipinski definition) is 1. The Kier molecular flexibility index (Phi) is 7.96. The van der Waals surface area contributed by atoms with E-state index in [0.717, 1.165) is 56.3 Å². The fraction of sp³-hybridized carbons (Fsp3) is 0.462. The van der Waals surface area contributed by atoms with Gasteiger partial charge >= 0.3 is 0 Å². The van der Waals surface area contributed by atoms with Gasteiger partial charge in [-0.1, -0.05) is 37.3 Å². The van der Waals surface area contributed by atoms with Gasteiger partial charge in [-0.3, -0.25) is 14.5 Å². The van der Waals surface area contributed by atoms with Crippen molar-refractivity contribution in [3.05, 3.63) is 59.7 Å². The van der Waals surface area contributed by atoms with E-state index in [1.54, 1.807) is 4.90 Å². The third-order valence-corrected chi connectivity index (χ3v) is 6.35. The molecule has 7 heteroatoms. The van der Waals surface area contributed by atoms with Crippen LogP contribution < -0.4 is 15.0 Å². The Labute approximate surface area is 195 Å². The number of nitrogens with one attached hydrogen (secondary N) is 1. The summed E-state index contributed by atoms with van der Waals surface area (Å²) in [4.78, 5) is 29.4. The normalized spacial score (nSPS) is 19.0. The van der Waals surface area contributed by atoms with Crippen molar-refractivity contribution < 1.29 is 19.1 Å². The number of ether oxygens (including phenoxy) is 2. The molecule has 2 fully saturated rings. The van der Waals surface area contributed by atoms with Crippen LogP contribution in [0.5, 0.6) is 5.75 Å². The smallest absolute Gasteiger partial charge is 0.227 e. The third kappa shape index (κ3) is 6.12. The van der Waals surface area contributed by atoms with E-state index in [1.807, 2.05) is 48.5 Å². The van der Waals surface area contributed by atoms with Crippen LogP contribution in [0.3, 0.4) is 0 Å². The minimum Gasteiger partial charge on any atom is -0.492 e. The molecular weight excluding hydrogens is 418 g/mol. The largest absolute Gasteiger partial charge is 0.492 e. The predicted molar refractivity (Wildman–Crippen MR) is 127 cm³/mol. The predicted octanol–water partition coefficient (Wildman–Crippen LogP) is 2.63. The van der Waals surface area contributed by atoms with Crippen LogP contribution in [0.25, 0.3) is 0 Å². The van der Waals surface area contributed by atoms with E-state index in [-0.39, 0.29) is 24.2 Å². The molecule has 2 aliphatic heterocycles. The van der Waals surface area contributed by atoms with Crippen LogP contribution in [-0.4, -0.2) is 62.7 Å². The highest BCUT2D eigenvalue weighted by Crippen LogP contribution is 2.26. The highest BCUT2D eigenvalue weighted by Gasteiger charge is 2.35. The first-order chi connectivity index (χ1) is 16.1. The van der Waals surface area contributed by atoms with Gasteiger partial charge in [-0.2, -0.15) is 0 Å². The van der Waals surface area contributed by atoms with Gasteiger partial charge in [0.05, 0.1) is 19.1 Å². The molecule has 2 heterocycles. The first-order valence-electron chi connectivity index (χ1n) is 11.8. The Bertz CT molecular complexity index is 941. The van der Waals surface area contributed by atoms with Crippen LogP contribution in [0.15, 0.2) is 48.5 Å². The lowest BCUT2D eigenvalue weighted by molar-refractivity contribution is -0.126. The van der Waals surface area contributed by atoms with Crippen molar-refractivity contribution in [3.63, 3.8) is 0 Å². The summed E-state index contributed by atoms with van der Waals surface area (Å²) in [6.07, 6.45) is 1.19. The summed E-state index contributed by atoms with van der Waals surface area (Å²) in [6, 6.07) is 15.8. The van der Waals surface area contributed by atoms with Crippen molar-refractivity contribution in [2.45, 2.75) is 26.3 Å². The van der Waals surface area contributed by atoms with E-state index in [9.17, 15) is 9.59 Å². The lowest BCUT2D eigenvalue weighted by atomic mass is 10.1. The maximum atomic E-state index is 12.8. The van der Waals surface area contributed by atoms with Gasteiger partial charge in [0.2, 0.25) is 11.8 Å². The molecule has 4 rings (SSSR count). The molecule has 33 heavy (non-hydrogen) atoms. The molecule has 0 spiro atoms. The van der Waals surface area contributed by atoms with E-state index in [0.29, 0.717) is 19.7 Å². The Morgan fingerprint density at radius 2 is 1.88 bits per heavy atom. The van der Waals surface area contributed by atoms with Crippen molar-refractivity contribution in [1.29, 1.82) is 0 Å². The lowest BCUT2D eigenvalue weighted by Crippen LogP contribution is -2.38. The van der Waals surface area contributed by atoms with Gasteiger partial charge in [0, 0.05) is 50.4 Å². The number of hydrogen-bond acceptors (Lipinski definition) is 5. The van der Waals surface area contributed by atoms with Gasteiger partial charge in [-0.05, 0) is 30.2 Å². The van der Waals surface area contributed by atoms with Crippen LogP contribution >= 0.6 is 0 Å². The molecule has 0 saturated carbocycles. The zero-order valence-electron chi connectivity index (χ0n) is 19.3. The molecule has 2 saturated heterocycles. The molecule has 2 amide bonds. The number of anilines is 1. The van der Waals surface area contributed by atoms with Crippen LogP contribution in [0.4, 0.5) is 5.69 Å². The average Bonchev–Trinajstić information content (AvgIpc) is 3.25. The molecule has 0 bridgehead atoms. The number of benzene rings is 2. The molecule has 7 nitrogen and oxygen atoms in total. The fourth-order valence-electron chi connectivity index (χ4n) is 4.27.